The van der Waals surface area contributed by atoms with Crippen molar-refractivity contribution >= 4 is 29.5 Å². The Labute approximate surface area is 394 Å². The second-order valence-corrected chi connectivity index (χ2v) is 22.2. The number of carbonyl (C=O) groups is 5. The minimum atomic E-state index is -1.91. The van der Waals surface area contributed by atoms with E-state index >= 15 is 4.39 Å². The standard InChI is InChI=1S/C50H77FN2O14/c1-11-38-48(10,63)43(61)29(5)53(25-45(7)24-49(45,64)42(60)27(3)41(59)28(4)44(62)66-38)18-12-16-52-17-14-39(58)67-50(37(57)23-65-30(6)54)26(2)19-33-32-21-35(51)34-20-31(55)13-15-46(34,8)40(32)36(56)22-47(33,50)9/h13,15,20,26-29,32-33,35-36,38,40-43,52,56,59-61,63-64H,11-12,14,16-19,21-25H2,1-10H3/t26-,27+,28-,29-,32?,33?,35+,36+,38-,40?,41+,42-,43-,45+,46+,47+,48-,49-,50+/m1/s1. The molecule has 67 heavy (non-hydrogen) atoms. The van der Waals surface area contributed by atoms with Gasteiger partial charge in [-0.25, -0.2) is 4.39 Å². The number of aliphatic hydroxyl groups excluding tert-OH is 4. The van der Waals surface area contributed by atoms with E-state index in [0.717, 1.165) is 0 Å². The molecule has 1 heterocycles. The number of nitrogens with one attached hydrogen (secondary N) is 1. The molecule has 1 aliphatic heterocycles. The number of nitrogens with zero attached hydrogens (tertiary/aromatic N) is 1. The van der Waals surface area contributed by atoms with Gasteiger partial charge >= 0.3 is 17.9 Å². The minimum absolute atomic E-state index is 0.0250. The monoisotopic (exact) mass is 949 g/mol. The van der Waals surface area contributed by atoms with Crippen LogP contribution in [0.15, 0.2) is 23.8 Å². The van der Waals surface area contributed by atoms with Crippen molar-refractivity contribution < 1.29 is 73.2 Å². The van der Waals surface area contributed by atoms with Crippen LogP contribution in [0.25, 0.3) is 0 Å². The molecule has 19 atom stereocenters. The molecule has 378 valence electrons. The van der Waals surface area contributed by atoms with Gasteiger partial charge in [-0.2, -0.15) is 0 Å². The number of ketones is 2. The van der Waals surface area contributed by atoms with Gasteiger partial charge in [-0.1, -0.05) is 47.6 Å². The predicted molar refractivity (Wildman–Crippen MR) is 241 cm³/mol. The van der Waals surface area contributed by atoms with Crippen molar-refractivity contribution in [3.05, 3.63) is 23.8 Å². The summed E-state index contributed by atoms with van der Waals surface area (Å²) in [4.78, 5) is 67.8. The first kappa shape index (κ1) is 53.2. The molecule has 0 amide bonds. The van der Waals surface area contributed by atoms with Crippen molar-refractivity contribution in [2.24, 2.45) is 51.8 Å². The fourth-order valence-electron chi connectivity index (χ4n) is 13.8. The van der Waals surface area contributed by atoms with E-state index in [1.807, 2.05) is 18.7 Å². The van der Waals surface area contributed by atoms with E-state index in [0.29, 0.717) is 31.5 Å². The molecule has 7 N–H and O–H groups in total. The fraction of sp³-hybridized carbons (Fsp3) is 0.820. The van der Waals surface area contributed by atoms with E-state index in [1.54, 1.807) is 40.7 Å². The Morgan fingerprint density at radius 3 is 2.30 bits per heavy atom. The summed E-state index contributed by atoms with van der Waals surface area (Å²) < 4.78 is 33.4. The molecule has 6 rings (SSSR count). The summed E-state index contributed by atoms with van der Waals surface area (Å²) in [6.07, 6.45) is -2.31. The zero-order chi connectivity index (χ0) is 50.0. The van der Waals surface area contributed by atoms with Crippen LogP contribution in [0.5, 0.6) is 0 Å². The summed E-state index contributed by atoms with van der Waals surface area (Å²) in [6, 6.07) is -0.734. The highest BCUT2D eigenvalue weighted by molar-refractivity contribution is 6.01. The van der Waals surface area contributed by atoms with Gasteiger partial charge in [-0.3, -0.25) is 28.9 Å². The molecular weight excluding hydrogens is 872 g/mol. The van der Waals surface area contributed by atoms with Crippen LogP contribution in [-0.4, -0.2) is 157 Å². The largest absolute Gasteiger partial charge is 0.459 e. The molecular formula is C50H77FN2O14. The van der Waals surface area contributed by atoms with E-state index in [1.165, 1.54) is 32.9 Å². The van der Waals surface area contributed by atoms with Gasteiger partial charge in [-0.05, 0) is 102 Å². The summed E-state index contributed by atoms with van der Waals surface area (Å²) >= 11 is 0. The Balaban J connectivity index is 1.15. The van der Waals surface area contributed by atoms with Gasteiger partial charge in [0.15, 0.2) is 18.0 Å². The molecule has 5 fully saturated rings. The van der Waals surface area contributed by atoms with Crippen molar-refractivity contribution in [1.82, 2.24) is 10.2 Å². The minimum Gasteiger partial charge on any atom is -0.459 e. The van der Waals surface area contributed by atoms with Crippen molar-refractivity contribution in [3.63, 3.8) is 0 Å². The number of carbonyl (C=O) groups excluding carboxylic acids is 5. The molecule has 3 unspecified atom stereocenters. The zero-order valence-electron chi connectivity index (χ0n) is 41.0. The average molecular weight is 949 g/mol. The maximum Gasteiger partial charge on any atom is 0.311 e. The van der Waals surface area contributed by atoms with Crippen LogP contribution in [0.4, 0.5) is 4.39 Å². The SMILES string of the molecule is CC[C@H]1OC(=O)[C@H](C)[C@@H](O)[C@H](C)[C@@H](O)[C@]2(O)C[C@@]2(C)CN(CCCNCCC(=O)O[C@]2(C(=O)COC(C)=O)[C@H](C)CC3C4C[C@H](F)C5=CC(=O)C=C[C@]5(C)C4[C@@H](O)C[C@@]32C)[C@H](C)[C@@H](O)[C@]1(C)O. The molecule has 0 aromatic carbocycles. The van der Waals surface area contributed by atoms with E-state index in [2.05, 4.69) is 5.32 Å². The molecule has 0 spiro atoms. The van der Waals surface area contributed by atoms with Gasteiger partial charge in [0.05, 0.1) is 36.3 Å². The molecule has 6 aliphatic rings. The van der Waals surface area contributed by atoms with Crippen LogP contribution in [0.1, 0.15) is 114 Å². The lowest BCUT2D eigenvalue weighted by Crippen LogP contribution is -2.65. The quantitative estimate of drug-likeness (QED) is 0.0844. The highest BCUT2D eigenvalue weighted by Gasteiger charge is 2.74. The Kier molecular flexibility index (Phi) is 15.3. The third-order valence-electron chi connectivity index (χ3n) is 17.9. The number of cyclic esters (lactones) is 1. The van der Waals surface area contributed by atoms with Crippen LogP contribution >= 0.6 is 0 Å². The summed E-state index contributed by atoms with van der Waals surface area (Å²) in [5.74, 6) is -6.97. The number of halogens is 1. The van der Waals surface area contributed by atoms with Crippen molar-refractivity contribution in [2.75, 3.05) is 32.8 Å². The Bertz CT molecular complexity index is 1980. The fourth-order valence-corrected chi connectivity index (χ4v) is 13.8. The first-order chi connectivity index (χ1) is 31.1. The van der Waals surface area contributed by atoms with Gasteiger partial charge in [0, 0.05) is 60.1 Å². The van der Waals surface area contributed by atoms with Crippen LogP contribution in [-0.2, 0) is 38.2 Å². The van der Waals surface area contributed by atoms with Crippen LogP contribution in [0.3, 0.4) is 0 Å². The Morgan fingerprint density at radius 2 is 1.66 bits per heavy atom. The first-order valence-corrected chi connectivity index (χ1v) is 24.4. The molecule has 17 heteroatoms. The molecule has 4 saturated carbocycles. The molecule has 16 nitrogen and oxygen atoms in total. The number of Topliss-reactive ketones (excluding diaryl/α,β-unsaturated/α-hetero) is 1. The number of hydrogen-bond donors (Lipinski definition) is 7. The number of allylic oxidation sites excluding steroid dienone is 4. The number of hydrogen-bond acceptors (Lipinski definition) is 16. The number of rotatable bonds is 12. The molecule has 5 aliphatic carbocycles. The molecule has 0 radical (unpaired) electrons. The predicted octanol–water partition coefficient (Wildman–Crippen LogP) is 2.52. The van der Waals surface area contributed by atoms with Gasteiger partial charge < -0.3 is 50.2 Å². The molecule has 0 aromatic rings. The lowest BCUT2D eigenvalue weighted by Gasteiger charge is -2.60. The van der Waals surface area contributed by atoms with E-state index in [-0.39, 0.29) is 56.9 Å². The topological polar surface area (TPSA) is 250 Å². The number of fused-ring (bicyclic) bond motifs is 6. The first-order valence-electron chi connectivity index (χ1n) is 24.4. The van der Waals surface area contributed by atoms with Gasteiger partial charge in [0.2, 0.25) is 5.78 Å². The maximum atomic E-state index is 16.1. The van der Waals surface area contributed by atoms with Gasteiger partial charge in [0.1, 0.15) is 24.0 Å². The molecule has 0 aromatic heterocycles. The van der Waals surface area contributed by atoms with Crippen LogP contribution in [0, 0.1) is 51.8 Å². The molecule has 0 bridgehead atoms. The lowest BCUT2D eigenvalue weighted by molar-refractivity contribution is -0.207. The highest BCUT2D eigenvalue weighted by Crippen LogP contribution is 2.69. The van der Waals surface area contributed by atoms with E-state index in [4.69, 9.17) is 14.2 Å². The maximum absolute atomic E-state index is 16.1. The zero-order valence-corrected chi connectivity index (χ0v) is 41.0. The van der Waals surface area contributed by atoms with Crippen molar-refractivity contribution in [1.29, 1.82) is 0 Å². The summed E-state index contributed by atoms with van der Waals surface area (Å²) in [5, 5.41) is 73.0. The third kappa shape index (κ3) is 9.10. The summed E-state index contributed by atoms with van der Waals surface area (Å²) in [5.41, 5.74) is -7.98. The number of aliphatic hydroxyl groups is 6. The van der Waals surface area contributed by atoms with Crippen LogP contribution < -0.4 is 5.32 Å². The normalized spacial score (nSPS) is 46.7. The summed E-state index contributed by atoms with van der Waals surface area (Å²) in [7, 11) is 0. The third-order valence-corrected chi connectivity index (χ3v) is 17.9. The van der Waals surface area contributed by atoms with Gasteiger partial charge in [-0.15, -0.1) is 0 Å². The smallest absolute Gasteiger partial charge is 0.311 e. The average Bonchev–Trinajstić information content (AvgIpc) is 3.74. The van der Waals surface area contributed by atoms with Crippen molar-refractivity contribution in [3.8, 4) is 0 Å². The summed E-state index contributed by atoms with van der Waals surface area (Å²) in [6.45, 7) is 16.7. The Morgan fingerprint density at radius 1 is 0.985 bits per heavy atom. The lowest BCUT2D eigenvalue weighted by atomic mass is 9.46. The Hall–Kier alpha value is -3.16. The second-order valence-electron chi connectivity index (χ2n) is 22.2. The highest BCUT2D eigenvalue weighted by atomic mass is 19.1. The van der Waals surface area contributed by atoms with Crippen molar-refractivity contribution in [2.45, 2.75) is 174 Å². The number of ether oxygens (including phenoxy) is 3. The van der Waals surface area contributed by atoms with Gasteiger partial charge in [0.25, 0.3) is 0 Å². The number of alkyl halides is 1. The van der Waals surface area contributed by atoms with E-state index in [9.17, 15) is 54.6 Å². The number of esters is 3. The second kappa shape index (κ2) is 19.2. The van der Waals surface area contributed by atoms with E-state index < -0.39 is 136 Å². The van der Waals surface area contributed by atoms with Crippen LogP contribution in [0.2, 0.25) is 0 Å². The molecule has 1 saturated heterocycles.